The van der Waals surface area contributed by atoms with Crippen molar-refractivity contribution < 1.29 is 42.6 Å². The molecule has 4 rings (SSSR count). The number of aromatic nitrogens is 3. The maximum atomic E-state index is 12.7. The number of hydrogen-bond donors (Lipinski definition) is 5. The highest BCUT2D eigenvalue weighted by atomic mass is 19.4. The molecule has 1 amide bonds. The molecule has 0 unspecified atom stereocenters. The van der Waals surface area contributed by atoms with Crippen molar-refractivity contribution in [2.75, 3.05) is 18.9 Å². The number of nitrogen functional groups attached to an aromatic ring is 1. The van der Waals surface area contributed by atoms with Crippen molar-refractivity contribution in [2.24, 2.45) is 0 Å². The first-order valence-electron chi connectivity index (χ1n) is 11.7. The molecule has 0 saturated carbocycles. The summed E-state index contributed by atoms with van der Waals surface area (Å²) in [6.07, 6.45) is -4.40. The topological polar surface area (TPSA) is 208 Å². The molecule has 216 valence electrons. The molecule has 0 spiro atoms. The van der Waals surface area contributed by atoms with Gasteiger partial charge in [0.05, 0.1) is 42.1 Å². The van der Waals surface area contributed by atoms with Gasteiger partial charge in [-0.3, -0.25) is 29.3 Å². The van der Waals surface area contributed by atoms with E-state index in [4.69, 9.17) is 15.2 Å². The highest BCUT2D eigenvalue weighted by Gasteiger charge is 2.38. The number of amides is 1. The molecule has 17 heteroatoms. The van der Waals surface area contributed by atoms with Crippen LogP contribution in [0.4, 0.5) is 24.8 Å². The van der Waals surface area contributed by atoms with E-state index in [2.05, 4.69) is 21.8 Å². The third-order valence-electron chi connectivity index (χ3n) is 5.83. The Morgan fingerprint density at radius 1 is 1.37 bits per heavy atom. The second kappa shape index (κ2) is 11.6. The number of aliphatic hydroxyl groups excluding tert-OH is 2. The number of ether oxygens (including phenoxy) is 2. The van der Waals surface area contributed by atoms with Crippen LogP contribution in [0, 0.1) is 22.0 Å². The van der Waals surface area contributed by atoms with E-state index in [1.165, 1.54) is 22.9 Å². The Labute approximate surface area is 227 Å². The minimum atomic E-state index is -5.05. The molecule has 0 bridgehead atoms. The van der Waals surface area contributed by atoms with Gasteiger partial charge in [0.15, 0.2) is 17.6 Å². The van der Waals surface area contributed by atoms with Crippen molar-refractivity contribution in [2.45, 2.75) is 32.0 Å². The van der Waals surface area contributed by atoms with E-state index >= 15 is 0 Å². The first-order chi connectivity index (χ1) is 19.4. The Bertz CT molecular complexity index is 1670. The van der Waals surface area contributed by atoms with Crippen molar-refractivity contribution in [1.29, 1.82) is 0 Å². The molecule has 3 aromatic rings. The second-order valence-corrected chi connectivity index (χ2v) is 8.59. The highest BCUT2D eigenvalue weighted by Crippen LogP contribution is 2.34. The van der Waals surface area contributed by atoms with Crippen molar-refractivity contribution in [1.82, 2.24) is 19.9 Å². The molecule has 1 atom stereocenters. The number of H-pyrrole nitrogens is 1. The number of fused-ring (bicyclic) bond motifs is 1. The molecule has 0 radical (unpaired) electrons. The van der Waals surface area contributed by atoms with Crippen molar-refractivity contribution in [3.8, 4) is 11.8 Å². The van der Waals surface area contributed by atoms with Crippen molar-refractivity contribution >= 4 is 28.6 Å². The Morgan fingerprint density at radius 3 is 2.76 bits per heavy atom. The third-order valence-corrected chi connectivity index (χ3v) is 5.83. The lowest BCUT2D eigenvalue weighted by molar-refractivity contribution is -0.386. The minimum absolute atomic E-state index is 0.00944. The average Bonchev–Trinajstić information content (AvgIpc) is 3.46. The second-order valence-electron chi connectivity index (χ2n) is 8.59. The van der Waals surface area contributed by atoms with E-state index in [-0.39, 0.29) is 64.9 Å². The molecule has 6 N–H and O–H groups in total. The highest BCUT2D eigenvalue weighted by molar-refractivity contribution is 5.82. The molecule has 1 aliphatic rings. The zero-order valence-corrected chi connectivity index (χ0v) is 20.8. The van der Waals surface area contributed by atoms with E-state index in [1.54, 1.807) is 5.32 Å². The van der Waals surface area contributed by atoms with E-state index < -0.39 is 41.9 Å². The van der Waals surface area contributed by atoms with Gasteiger partial charge in [0, 0.05) is 23.4 Å². The van der Waals surface area contributed by atoms with Gasteiger partial charge in [-0.25, -0.2) is 0 Å². The molecule has 1 aliphatic heterocycles. The Morgan fingerprint density at radius 2 is 2.10 bits per heavy atom. The number of nitro groups is 1. The van der Waals surface area contributed by atoms with Gasteiger partial charge in [0.25, 0.3) is 11.2 Å². The van der Waals surface area contributed by atoms with Gasteiger partial charge in [0.1, 0.15) is 12.4 Å². The quantitative estimate of drug-likeness (QED) is 0.148. The van der Waals surface area contributed by atoms with Crippen LogP contribution in [0.25, 0.3) is 11.0 Å². The van der Waals surface area contributed by atoms with Gasteiger partial charge in [-0.15, -0.1) is 0 Å². The summed E-state index contributed by atoms with van der Waals surface area (Å²) in [5.41, 5.74) is 5.47. The largest absolute Gasteiger partial charge is 0.508 e. The number of rotatable bonds is 8. The number of carbonyl (C=O) groups excluding carboxylic acids is 1. The molecular weight excluding hydrogens is 557 g/mol. The van der Waals surface area contributed by atoms with Crippen molar-refractivity contribution in [3.63, 3.8) is 0 Å². The molecule has 1 aromatic carbocycles. The summed E-state index contributed by atoms with van der Waals surface area (Å²) in [4.78, 5) is 40.9. The summed E-state index contributed by atoms with van der Waals surface area (Å²) in [5.74, 6) is 2.21. The van der Waals surface area contributed by atoms with Gasteiger partial charge in [-0.05, 0) is 12.1 Å². The summed E-state index contributed by atoms with van der Waals surface area (Å²) in [7, 11) is 0. The number of nitrogens with one attached hydrogen (secondary N) is 2. The zero-order chi connectivity index (χ0) is 29.9. The van der Waals surface area contributed by atoms with Crippen LogP contribution in [0.3, 0.4) is 0 Å². The lowest BCUT2D eigenvalue weighted by Gasteiger charge is -2.14. The summed E-state index contributed by atoms with van der Waals surface area (Å²) in [6, 6.07) is 3.85. The predicted octanol–water partition coefficient (Wildman–Crippen LogP) is 1.64. The average molecular weight is 578 g/mol. The predicted molar refractivity (Wildman–Crippen MR) is 134 cm³/mol. The molecule has 0 saturated heterocycles. The van der Waals surface area contributed by atoms with Crippen molar-refractivity contribution in [3.05, 3.63) is 73.1 Å². The van der Waals surface area contributed by atoms with Crippen LogP contribution >= 0.6 is 0 Å². The van der Waals surface area contributed by atoms with Crippen LogP contribution in [0.1, 0.15) is 29.3 Å². The molecule has 41 heavy (non-hydrogen) atoms. The number of nitrogens with two attached hydrogens (primary N) is 1. The molecule has 2 aromatic heterocycles. The van der Waals surface area contributed by atoms with Crippen LogP contribution in [-0.2, 0) is 27.5 Å². The molecular formula is C24H21F3N6O8. The van der Waals surface area contributed by atoms with Gasteiger partial charge in [-0.2, -0.15) is 18.2 Å². The minimum Gasteiger partial charge on any atom is -0.508 e. The van der Waals surface area contributed by atoms with Gasteiger partial charge in [0.2, 0.25) is 5.95 Å². The van der Waals surface area contributed by atoms with Gasteiger partial charge < -0.3 is 30.7 Å². The third kappa shape index (κ3) is 6.40. The summed E-state index contributed by atoms with van der Waals surface area (Å²) < 4.78 is 49.3. The van der Waals surface area contributed by atoms with Crippen LogP contribution in [0.2, 0.25) is 0 Å². The molecule has 0 fully saturated rings. The van der Waals surface area contributed by atoms with Crippen LogP contribution in [0.15, 0.2) is 40.7 Å². The number of aliphatic hydroxyl groups is 2. The fraction of sp³-hybridized carbons (Fsp3) is 0.292. The fourth-order valence-corrected chi connectivity index (χ4v) is 3.99. The summed E-state index contributed by atoms with van der Waals surface area (Å²) in [6.45, 7) is -1.62. The number of anilines is 1. The van der Waals surface area contributed by atoms with Crippen LogP contribution in [-0.4, -0.2) is 54.9 Å². The molecule has 3 heterocycles. The number of halogens is 3. The monoisotopic (exact) mass is 578 g/mol. The Hall–Kier alpha value is -5.08. The van der Waals surface area contributed by atoms with Crippen LogP contribution < -0.4 is 16.6 Å². The lowest BCUT2D eigenvalue weighted by Crippen LogP contribution is -2.36. The van der Waals surface area contributed by atoms with E-state index in [0.717, 1.165) is 6.07 Å². The number of aromatic amines is 1. The first kappa shape index (κ1) is 28.9. The zero-order valence-electron chi connectivity index (χ0n) is 20.8. The van der Waals surface area contributed by atoms with E-state index in [1.807, 2.05) is 0 Å². The SMILES string of the molecule is Nc1nc2c(c(COCc3ccc(C#CCNC(=O)C(F)(F)F)cc3[N+](=O)[O-])cn2[C@H]2CC(O)=C(CO)O2)c(=O)[nH]1. The lowest BCUT2D eigenvalue weighted by atomic mass is 10.1. The molecule has 14 nitrogen and oxygen atoms in total. The maximum absolute atomic E-state index is 12.7. The summed E-state index contributed by atoms with van der Waals surface area (Å²) in [5, 5.41) is 32.6. The number of hydrogen-bond acceptors (Lipinski definition) is 10. The molecule has 0 aliphatic carbocycles. The number of benzene rings is 1. The normalized spacial score (nSPS) is 15.0. The first-order valence-corrected chi connectivity index (χ1v) is 11.7. The van der Waals surface area contributed by atoms with E-state index in [0.29, 0.717) is 5.56 Å². The number of nitrogens with zero attached hydrogens (tertiary/aromatic N) is 3. The maximum Gasteiger partial charge on any atom is 0.471 e. The Kier molecular flexibility index (Phi) is 8.16. The summed E-state index contributed by atoms with van der Waals surface area (Å²) >= 11 is 0. The van der Waals surface area contributed by atoms with Gasteiger partial charge in [-0.1, -0.05) is 11.8 Å². The standard InChI is InChI=1S/C24H21F3N6O8/c25-24(26,27)22(37)29-5-1-2-12-3-4-13(15(6-12)33(38)39)10-40-11-14-8-32(18-7-16(35)17(9-34)41-18)20-19(14)21(36)31-23(28)30-20/h3-4,6,8,18,34-35H,5,7,9-11H2,(H,29,37)(H3,28,30,31,36)/t18-/m1/s1. The van der Waals surface area contributed by atoms with E-state index in [9.17, 15) is 43.1 Å². The number of carbonyl (C=O) groups is 1. The smallest absolute Gasteiger partial charge is 0.471 e. The van der Waals surface area contributed by atoms with Gasteiger partial charge >= 0.3 is 12.1 Å². The van der Waals surface area contributed by atoms with Crippen LogP contribution in [0.5, 0.6) is 0 Å². The number of alkyl halides is 3. The Balaban J connectivity index is 1.50. The fourth-order valence-electron chi connectivity index (χ4n) is 3.99. The number of nitro benzene ring substituents is 1.